The van der Waals surface area contributed by atoms with Crippen LogP contribution in [0.5, 0.6) is 0 Å². The molecular weight excluding hydrogens is 444 g/mol. The molecule has 0 aliphatic carbocycles. The highest BCUT2D eigenvalue weighted by molar-refractivity contribution is 7.90. The van der Waals surface area contributed by atoms with Crippen molar-refractivity contribution in [2.45, 2.75) is 55.9 Å². The molecule has 2 aromatic rings. The Morgan fingerprint density at radius 3 is 2.76 bits per heavy atom. The summed E-state index contributed by atoms with van der Waals surface area (Å²) in [6.45, 7) is 1.07. The summed E-state index contributed by atoms with van der Waals surface area (Å²) < 4.78 is 33.5. The number of amidine groups is 1. The van der Waals surface area contributed by atoms with Gasteiger partial charge < -0.3 is 14.6 Å². The normalized spacial score (nSPS) is 19.3. The summed E-state index contributed by atoms with van der Waals surface area (Å²) in [5.41, 5.74) is 0.349. The molecule has 0 radical (unpaired) electrons. The lowest BCUT2D eigenvalue weighted by Crippen LogP contribution is -2.49. The summed E-state index contributed by atoms with van der Waals surface area (Å²) in [5, 5.41) is 2.78. The van der Waals surface area contributed by atoms with Gasteiger partial charge in [0.1, 0.15) is 11.9 Å². The van der Waals surface area contributed by atoms with E-state index in [1.54, 1.807) is 24.3 Å². The van der Waals surface area contributed by atoms with Crippen molar-refractivity contribution >= 4 is 33.4 Å². The molecule has 10 heteroatoms. The third kappa shape index (κ3) is 5.62. The molecule has 1 saturated heterocycles. The number of carbonyl (C=O) groups excluding carboxylic acids is 2. The molecule has 4 rings (SSSR count). The van der Waals surface area contributed by atoms with Crippen molar-refractivity contribution in [2.24, 2.45) is 4.99 Å². The largest absolute Gasteiger partial charge is 0.459 e. The smallest absolute Gasteiger partial charge is 0.290 e. The van der Waals surface area contributed by atoms with E-state index < -0.39 is 16.1 Å². The number of hydrogen-bond donors (Lipinski definition) is 2. The van der Waals surface area contributed by atoms with Crippen LogP contribution in [0.15, 0.2) is 57.0 Å². The van der Waals surface area contributed by atoms with Crippen LogP contribution < -0.4 is 10.0 Å². The number of carbonyl (C=O) groups is 2. The van der Waals surface area contributed by atoms with Gasteiger partial charge in [-0.05, 0) is 62.4 Å². The first kappa shape index (κ1) is 23.0. The number of rotatable bonds is 5. The van der Waals surface area contributed by atoms with E-state index in [0.29, 0.717) is 37.5 Å². The molecule has 1 aromatic carbocycles. The van der Waals surface area contributed by atoms with Crippen LogP contribution in [0.2, 0.25) is 0 Å². The fourth-order valence-electron chi connectivity index (χ4n) is 4.13. The van der Waals surface area contributed by atoms with Gasteiger partial charge in [0.05, 0.1) is 11.2 Å². The Morgan fingerprint density at radius 2 is 1.94 bits per heavy atom. The van der Waals surface area contributed by atoms with E-state index in [9.17, 15) is 18.0 Å². The molecular formula is C23H28N4O5S. The van der Waals surface area contributed by atoms with Gasteiger partial charge in [-0.25, -0.2) is 8.42 Å². The van der Waals surface area contributed by atoms with E-state index in [4.69, 9.17) is 4.42 Å². The lowest BCUT2D eigenvalue weighted by atomic mass is 10.0. The molecule has 1 unspecified atom stereocenters. The molecule has 9 nitrogen and oxygen atoms in total. The minimum absolute atomic E-state index is 0.0411. The highest BCUT2D eigenvalue weighted by Crippen LogP contribution is 2.23. The van der Waals surface area contributed by atoms with Crippen molar-refractivity contribution in [3.8, 4) is 0 Å². The fraction of sp³-hybridized carbons (Fsp3) is 0.435. The number of benzene rings is 1. The maximum absolute atomic E-state index is 13.0. The first-order valence-electron chi connectivity index (χ1n) is 11.3. The Balaban J connectivity index is 1.47. The Hall–Kier alpha value is -3.14. The Labute approximate surface area is 193 Å². The van der Waals surface area contributed by atoms with Gasteiger partial charge in [-0.1, -0.05) is 12.5 Å². The molecule has 2 N–H and O–H groups in total. The van der Waals surface area contributed by atoms with E-state index in [2.05, 4.69) is 15.0 Å². The topological polar surface area (TPSA) is 121 Å². The van der Waals surface area contributed by atoms with Gasteiger partial charge in [-0.2, -0.15) is 0 Å². The third-order valence-corrected chi connectivity index (χ3v) is 7.22. The Kier molecular flexibility index (Phi) is 7.12. The Bertz CT molecular complexity index is 1130. The van der Waals surface area contributed by atoms with Crippen LogP contribution >= 0.6 is 0 Å². The van der Waals surface area contributed by atoms with Crippen molar-refractivity contribution in [3.05, 3.63) is 48.4 Å². The SMILES string of the molecule is O=C(Nc1cccc(S(=O)(=O)NC2=NCCCCC2)c1)C1CCCCN1C(=O)c1ccco1. The van der Waals surface area contributed by atoms with Crippen LogP contribution in [0, 0.1) is 0 Å². The van der Waals surface area contributed by atoms with Gasteiger partial charge in [-0.15, -0.1) is 0 Å². The average molecular weight is 473 g/mol. The monoisotopic (exact) mass is 472 g/mol. The number of piperidine rings is 1. The van der Waals surface area contributed by atoms with Gasteiger partial charge in [0.2, 0.25) is 5.91 Å². The Morgan fingerprint density at radius 1 is 1.06 bits per heavy atom. The zero-order valence-electron chi connectivity index (χ0n) is 18.3. The van der Waals surface area contributed by atoms with E-state index in [0.717, 1.165) is 32.1 Å². The lowest BCUT2D eigenvalue weighted by molar-refractivity contribution is -0.121. The van der Waals surface area contributed by atoms with Gasteiger partial charge in [0, 0.05) is 25.2 Å². The van der Waals surface area contributed by atoms with Crippen molar-refractivity contribution in [1.82, 2.24) is 9.62 Å². The average Bonchev–Trinajstić information content (AvgIpc) is 3.24. The number of sulfonamides is 1. The van der Waals surface area contributed by atoms with Gasteiger partial charge in [0.25, 0.3) is 15.9 Å². The second-order valence-electron chi connectivity index (χ2n) is 8.25. The van der Waals surface area contributed by atoms with E-state index in [-0.39, 0.29) is 22.5 Å². The first-order valence-corrected chi connectivity index (χ1v) is 12.7. The standard InChI is InChI=1S/C23H28N4O5S/c28-22(19-10-3-5-14-27(19)23(29)20-11-7-15-32-20)25-17-8-6-9-18(16-17)33(30,31)26-21-12-2-1-4-13-24-21/h6-9,11,15-16,19H,1-5,10,12-14H2,(H,24,26)(H,25,28). The zero-order valence-corrected chi connectivity index (χ0v) is 19.1. The van der Waals surface area contributed by atoms with Crippen molar-refractivity contribution < 1.29 is 22.4 Å². The number of nitrogens with one attached hydrogen (secondary N) is 2. The van der Waals surface area contributed by atoms with Gasteiger partial charge in [0.15, 0.2) is 5.76 Å². The number of hydrogen-bond acceptors (Lipinski definition) is 6. The predicted octanol–water partition coefficient (Wildman–Crippen LogP) is 3.16. The molecule has 2 aliphatic rings. The third-order valence-electron chi connectivity index (χ3n) is 5.84. The van der Waals surface area contributed by atoms with Gasteiger partial charge >= 0.3 is 0 Å². The van der Waals surface area contributed by atoms with Crippen LogP contribution in [-0.2, 0) is 14.8 Å². The molecule has 2 aliphatic heterocycles. The quantitative estimate of drug-likeness (QED) is 0.692. The highest BCUT2D eigenvalue weighted by Gasteiger charge is 2.33. The lowest BCUT2D eigenvalue weighted by Gasteiger charge is -2.34. The summed E-state index contributed by atoms with van der Waals surface area (Å²) in [6, 6.07) is 8.64. The molecule has 0 bridgehead atoms. The van der Waals surface area contributed by atoms with E-state index >= 15 is 0 Å². The van der Waals surface area contributed by atoms with Crippen molar-refractivity contribution in [2.75, 3.05) is 18.4 Å². The fourth-order valence-corrected chi connectivity index (χ4v) is 5.26. The summed E-state index contributed by atoms with van der Waals surface area (Å²) in [6.07, 6.45) is 7.04. The van der Waals surface area contributed by atoms with Crippen LogP contribution in [0.1, 0.15) is 55.5 Å². The molecule has 2 amide bonds. The maximum Gasteiger partial charge on any atom is 0.290 e. The first-order chi connectivity index (χ1) is 15.9. The van der Waals surface area contributed by atoms with E-state index in [1.807, 2.05) is 0 Å². The molecule has 176 valence electrons. The second-order valence-corrected chi connectivity index (χ2v) is 9.93. The van der Waals surface area contributed by atoms with Crippen molar-refractivity contribution in [1.29, 1.82) is 0 Å². The number of amides is 2. The maximum atomic E-state index is 13.0. The molecule has 1 aromatic heterocycles. The van der Waals surface area contributed by atoms with Crippen LogP contribution in [0.25, 0.3) is 0 Å². The number of anilines is 1. The molecule has 33 heavy (non-hydrogen) atoms. The summed E-state index contributed by atoms with van der Waals surface area (Å²) in [4.78, 5) is 31.7. The minimum Gasteiger partial charge on any atom is -0.459 e. The van der Waals surface area contributed by atoms with E-state index in [1.165, 1.54) is 23.3 Å². The molecule has 0 spiro atoms. The molecule has 1 atom stereocenters. The number of aliphatic imine (C=N–C) groups is 1. The number of likely N-dealkylation sites (tertiary alicyclic amines) is 1. The summed E-state index contributed by atoms with van der Waals surface area (Å²) >= 11 is 0. The predicted molar refractivity (Wildman–Crippen MR) is 124 cm³/mol. The van der Waals surface area contributed by atoms with Crippen molar-refractivity contribution in [3.63, 3.8) is 0 Å². The van der Waals surface area contributed by atoms with Crippen LogP contribution in [-0.4, -0.2) is 50.1 Å². The van der Waals surface area contributed by atoms with Crippen LogP contribution in [0.3, 0.4) is 0 Å². The van der Waals surface area contributed by atoms with Gasteiger partial charge in [-0.3, -0.25) is 19.3 Å². The molecule has 1 fully saturated rings. The second kappa shape index (κ2) is 10.2. The number of furan rings is 1. The number of nitrogens with zero attached hydrogens (tertiary/aromatic N) is 2. The highest BCUT2D eigenvalue weighted by atomic mass is 32.2. The molecule has 0 saturated carbocycles. The van der Waals surface area contributed by atoms with Crippen LogP contribution in [0.4, 0.5) is 5.69 Å². The minimum atomic E-state index is -3.82. The summed E-state index contributed by atoms with van der Waals surface area (Å²) in [7, 11) is -3.82. The molecule has 3 heterocycles. The zero-order chi connectivity index (χ0) is 23.3. The summed E-state index contributed by atoms with van der Waals surface area (Å²) in [5.74, 6) is -0.0265.